The number of nitrogens with zero attached hydrogens (tertiary/aromatic N) is 2. The second-order valence-electron chi connectivity index (χ2n) is 4.43. The maximum atomic E-state index is 13.4. The zero-order valence-corrected chi connectivity index (χ0v) is 10.4. The van der Waals surface area contributed by atoms with Crippen LogP contribution in [0.25, 0.3) is 0 Å². The third kappa shape index (κ3) is 3.20. The highest BCUT2D eigenvalue weighted by Gasteiger charge is 2.21. The molecule has 1 aliphatic heterocycles. The Morgan fingerprint density at radius 1 is 1.44 bits per heavy atom. The molecule has 1 saturated heterocycles. The van der Waals surface area contributed by atoms with Crippen molar-refractivity contribution >= 4 is 6.09 Å². The monoisotopic (exact) mass is 252 g/mol. The summed E-state index contributed by atoms with van der Waals surface area (Å²) in [6, 6.07) is 6.74. The van der Waals surface area contributed by atoms with Crippen LogP contribution in [0.15, 0.2) is 24.3 Å². The maximum absolute atomic E-state index is 13.4. The molecule has 18 heavy (non-hydrogen) atoms. The Labute approximate surface area is 106 Å². The van der Waals surface area contributed by atoms with Crippen LogP contribution >= 0.6 is 0 Å². The van der Waals surface area contributed by atoms with Crippen molar-refractivity contribution in [3.8, 4) is 0 Å². The normalized spacial score (nSPS) is 15.3. The zero-order valence-electron chi connectivity index (χ0n) is 10.4. The first-order valence-corrected chi connectivity index (χ1v) is 6.00. The number of cyclic esters (lactones) is 1. The summed E-state index contributed by atoms with van der Waals surface area (Å²) in [5, 5.41) is 0. The molecule has 0 radical (unpaired) electrons. The molecule has 1 aromatic carbocycles. The average molecular weight is 252 g/mol. The van der Waals surface area contributed by atoms with E-state index in [4.69, 9.17) is 4.74 Å². The molecule has 0 aromatic heterocycles. The number of amides is 1. The van der Waals surface area contributed by atoms with Gasteiger partial charge in [0.1, 0.15) is 12.4 Å². The van der Waals surface area contributed by atoms with Crippen LogP contribution in [0.1, 0.15) is 5.56 Å². The molecule has 1 heterocycles. The molecule has 0 unspecified atom stereocenters. The van der Waals surface area contributed by atoms with Crippen LogP contribution in [0.3, 0.4) is 0 Å². The van der Waals surface area contributed by atoms with E-state index in [1.54, 1.807) is 17.0 Å². The van der Waals surface area contributed by atoms with E-state index in [-0.39, 0.29) is 11.9 Å². The highest BCUT2D eigenvalue weighted by Crippen LogP contribution is 2.09. The molecule has 1 aliphatic rings. The van der Waals surface area contributed by atoms with Gasteiger partial charge in [-0.2, -0.15) is 0 Å². The lowest BCUT2D eigenvalue weighted by Gasteiger charge is -2.20. The SMILES string of the molecule is CN(CCN1CCOC1=O)Cc1ccccc1F. The quantitative estimate of drug-likeness (QED) is 0.799. The van der Waals surface area contributed by atoms with E-state index < -0.39 is 0 Å². The summed E-state index contributed by atoms with van der Waals surface area (Å²) in [7, 11) is 1.91. The minimum Gasteiger partial charge on any atom is -0.448 e. The lowest BCUT2D eigenvalue weighted by Crippen LogP contribution is -2.33. The van der Waals surface area contributed by atoms with Gasteiger partial charge in [-0.05, 0) is 13.1 Å². The van der Waals surface area contributed by atoms with Gasteiger partial charge in [-0.15, -0.1) is 0 Å². The average Bonchev–Trinajstić information content (AvgIpc) is 2.75. The van der Waals surface area contributed by atoms with Crippen molar-refractivity contribution in [3.05, 3.63) is 35.6 Å². The number of carbonyl (C=O) groups is 1. The molecule has 98 valence electrons. The predicted octanol–water partition coefficient (Wildman–Crippen LogP) is 1.71. The van der Waals surface area contributed by atoms with E-state index in [0.29, 0.717) is 38.3 Å². The molecule has 0 atom stereocenters. The van der Waals surface area contributed by atoms with E-state index >= 15 is 0 Å². The highest BCUT2D eigenvalue weighted by molar-refractivity contribution is 5.69. The van der Waals surface area contributed by atoms with Crippen molar-refractivity contribution in [2.24, 2.45) is 0 Å². The number of likely N-dealkylation sites (N-methyl/N-ethyl adjacent to an activating group) is 1. The minimum absolute atomic E-state index is 0.190. The fourth-order valence-corrected chi connectivity index (χ4v) is 1.92. The molecule has 0 saturated carbocycles. The summed E-state index contributed by atoms with van der Waals surface area (Å²) in [5.74, 6) is -0.190. The first kappa shape index (κ1) is 12.8. The van der Waals surface area contributed by atoms with Crippen LogP contribution in [0.4, 0.5) is 9.18 Å². The third-order valence-corrected chi connectivity index (χ3v) is 2.99. The van der Waals surface area contributed by atoms with E-state index in [0.717, 1.165) is 0 Å². The van der Waals surface area contributed by atoms with Gasteiger partial charge in [-0.3, -0.25) is 0 Å². The smallest absolute Gasteiger partial charge is 0.409 e. The van der Waals surface area contributed by atoms with Crippen molar-refractivity contribution in [1.29, 1.82) is 0 Å². The van der Waals surface area contributed by atoms with Crippen LogP contribution in [0.5, 0.6) is 0 Å². The molecule has 4 nitrogen and oxygen atoms in total. The molecule has 1 amide bonds. The van der Waals surface area contributed by atoms with Crippen LogP contribution in [-0.4, -0.2) is 49.2 Å². The summed E-state index contributed by atoms with van der Waals surface area (Å²) in [6.45, 7) is 2.96. The molecule has 0 N–H and O–H groups in total. The lowest BCUT2D eigenvalue weighted by molar-refractivity contribution is 0.155. The zero-order chi connectivity index (χ0) is 13.0. The van der Waals surface area contributed by atoms with Gasteiger partial charge in [0.05, 0.1) is 6.54 Å². The molecule has 2 rings (SSSR count). The Bertz CT molecular complexity index is 425. The molecule has 0 spiro atoms. The van der Waals surface area contributed by atoms with E-state index in [1.165, 1.54) is 6.07 Å². The van der Waals surface area contributed by atoms with Crippen molar-refractivity contribution in [3.63, 3.8) is 0 Å². The van der Waals surface area contributed by atoms with Crippen LogP contribution in [0.2, 0.25) is 0 Å². The van der Waals surface area contributed by atoms with Gasteiger partial charge in [0.15, 0.2) is 0 Å². The Hall–Kier alpha value is -1.62. The number of carbonyl (C=O) groups excluding carboxylic acids is 1. The van der Waals surface area contributed by atoms with Gasteiger partial charge in [0.2, 0.25) is 0 Å². The number of halogens is 1. The second kappa shape index (κ2) is 5.82. The molecule has 5 heteroatoms. The molecule has 1 fully saturated rings. The van der Waals surface area contributed by atoms with Gasteiger partial charge < -0.3 is 14.5 Å². The second-order valence-corrected chi connectivity index (χ2v) is 4.43. The highest BCUT2D eigenvalue weighted by atomic mass is 19.1. The van der Waals surface area contributed by atoms with Gasteiger partial charge in [0.25, 0.3) is 0 Å². The Balaban J connectivity index is 1.80. The lowest BCUT2D eigenvalue weighted by atomic mass is 10.2. The van der Waals surface area contributed by atoms with E-state index in [1.807, 2.05) is 18.0 Å². The summed E-state index contributed by atoms with van der Waals surface area (Å²) in [6.07, 6.45) is -0.255. The van der Waals surface area contributed by atoms with Crippen molar-refractivity contribution in [2.45, 2.75) is 6.54 Å². The Morgan fingerprint density at radius 3 is 2.89 bits per heavy atom. The Kier molecular flexibility index (Phi) is 4.15. The molecular formula is C13H17FN2O2. The molecule has 0 aliphatic carbocycles. The predicted molar refractivity (Wildman–Crippen MR) is 65.7 cm³/mol. The first-order valence-electron chi connectivity index (χ1n) is 6.00. The minimum atomic E-state index is -0.255. The van der Waals surface area contributed by atoms with Crippen molar-refractivity contribution in [2.75, 3.05) is 33.3 Å². The van der Waals surface area contributed by atoms with E-state index in [9.17, 15) is 9.18 Å². The fourth-order valence-electron chi connectivity index (χ4n) is 1.92. The van der Waals surface area contributed by atoms with Gasteiger partial charge in [-0.1, -0.05) is 18.2 Å². The summed E-state index contributed by atoms with van der Waals surface area (Å²) in [5.41, 5.74) is 0.670. The molecule has 1 aromatic rings. The molecule has 0 bridgehead atoms. The van der Waals surface area contributed by atoms with Crippen LogP contribution in [-0.2, 0) is 11.3 Å². The van der Waals surface area contributed by atoms with Crippen LogP contribution in [0, 0.1) is 5.82 Å². The molecular weight excluding hydrogens is 235 g/mol. The van der Waals surface area contributed by atoms with Crippen molar-refractivity contribution in [1.82, 2.24) is 9.80 Å². The third-order valence-electron chi connectivity index (χ3n) is 2.99. The van der Waals surface area contributed by atoms with E-state index in [2.05, 4.69) is 0 Å². The first-order chi connectivity index (χ1) is 8.66. The summed E-state index contributed by atoms with van der Waals surface area (Å²) < 4.78 is 18.3. The number of hydrogen-bond donors (Lipinski definition) is 0. The van der Waals surface area contributed by atoms with Gasteiger partial charge >= 0.3 is 6.09 Å². The van der Waals surface area contributed by atoms with Gasteiger partial charge in [0, 0.05) is 25.2 Å². The standard InChI is InChI=1S/C13H17FN2O2/c1-15(6-7-16-8-9-18-13(16)17)10-11-4-2-3-5-12(11)14/h2-5H,6-10H2,1H3. The maximum Gasteiger partial charge on any atom is 0.409 e. The number of ether oxygens (including phenoxy) is 1. The number of benzene rings is 1. The largest absolute Gasteiger partial charge is 0.448 e. The topological polar surface area (TPSA) is 32.8 Å². The number of hydrogen-bond acceptors (Lipinski definition) is 3. The summed E-state index contributed by atoms with van der Waals surface area (Å²) in [4.78, 5) is 14.9. The number of rotatable bonds is 5. The van der Waals surface area contributed by atoms with Gasteiger partial charge in [-0.25, -0.2) is 9.18 Å². The van der Waals surface area contributed by atoms with Crippen LogP contribution < -0.4 is 0 Å². The summed E-state index contributed by atoms with van der Waals surface area (Å²) >= 11 is 0. The Morgan fingerprint density at radius 2 is 2.22 bits per heavy atom. The fraction of sp³-hybridized carbons (Fsp3) is 0.462. The van der Waals surface area contributed by atoms with Crippen molar-refractivity contribution < 1.29 is 13.9 Å².